The number of ketones is 1. The smallest absolute Gasteiger partial charge is 0.183 e. The van der Waals surface area contributed by atoms with Crippen molar-refractivity contribution in [3.63, 3.8) is 0 Å². The first-order chi connectivity index (χ1) is 9.11. The maximum atomic E-state index is 13.9. The van der Waals surface area contributed by atoms with Crippen molar-refractivity contribution in [1.82, 2.24) is 0 Å². The van der Waals surface area contributed by atoms with Crippen LogP contribution in [0.3, 0.4) is 0 Å². The van der Waals surface area contributed by atoms with Crippen LogP contribution < -0.4 is 4.74 Å². The lowest BCUT2D eigenvalue weighted by Crippen LogP contribution is -2.15. The van der Waals surface area contributed by atoms with Crippen LogP contribution in [0.2, 0.25) is 0 Å². The molecule has 1 aliphatic rings. The molecule has 0 radical (unpaired) electrons. The molecule has 0 spiro atoms. The summed E-state index contributed by atoms with van der Waals surface area (Å²) in [6, 6.07) is 4.73. The van der Waals surface area contributed by atoms with E-state index in [1.807, 2.05) is 0 Å². The fourth-order valence-electron chi connectivity index (χ4n) is 2.42. The topological polar surface area (TPSA) is 50.1 Å². The van der Waals surface area contributed by atoms with Gasteiger partial charge in [-0.05, 0) is 50.3 Å². The number of halogens is 1. The summed E-state index contributed by atoms with van der Waals surface area (Å²) in [6.07, 6.45) is 3.78. The molecule has 0 atom stereocenters. The predicted octanol–water partition coefficient (Wildman–Crippen LogP) is 3.55. The van der Waals surface area contributed by atoms with E-state index in [1.54, 1.807) is 19.1 Å². The monoisotopic (exact) mass is 261 g/mol. The minimum Gasteiger partial charge on any atom is -0.490 e. The molecular formula is C15H16FNO2. The Morgan fingerprint density at radius 3 is 2.79 bits per heavy atom. The van der Waals surface area contributed by atoms with E-state index < -0.39 is 11.6 Å². The van der Waals surface area contributed by atoms with Crippen molar-refractivity contribution in [3.05, 3.63) is 29.1 Å². The van der Waals surface area contributed by atoms with Crippen LogP contribution in [-0.4, -0.2) is 11.9 Å². The normalized spacial score (nSPS) is 15.2. The van der Waals surface area contributed by atoms with Gasteiger partial charge in [-0.2, -0.15) is 5.26 Å². The zero-order chi connectivity index (χ0) is 13.8. The van der Waals surface area contributed by atoms with Gasteiger partial charge in [0.05, 0.1) is 24.2 Å². The Morgan fingerprint density at radius 1 is 1.47 bits per heavy atom. The Kier molecular flexibility index (Phi) is 4.16. The van der Waals surface area contributed by atoms with Gasteiger partial charge in [0.1, 0.15) is 11.6 Å². The summed E-state index contributed by atoms with van der Waals surface area (Å²) in [4.78, 5) is 11.8. The lowest BCUT2D eigenvalue weighted by Gasteiger charge is -2.16. The molecule has 0 bridgehead atoms. The fourth-order valence-corrected chi connectivity index (χ4v) is 2.42. The Hall–Kier alpha value is -1.89. The van der Waals surface area contributed by atoms with E-state index in [0.29, 0.717) is 5.56 Å². The van der Waals surface area contributed by atoms with Crippen molar-refractivity contribution in [1.29, 1.82) is 5.26 Å². The molecular weight excluding hydrogens is 245 g/mol. The van der Waals surface area contributed by atoms with Crippen LogP contribution in [0.15, 0.2) is 12.1 Å². The molecule has 0 aliphatic heterocycles. The van der Waals surface area contributed by atoms with Gasteiger partial charge in [-0.1, -0.05) is 0 Å². The summed E-state index contributed by atoms with van der Waals surface area (Å²) in [6.45, 7) is 1.75. The quantitative estimate of drug-likeness (QED) is 0.779. The van der Waals surface area contributed by atoms with Gasteiger partial charge in [-0.15, -0.1) is 0 Å². The molecule has 0 heterocycles. The summed E-state index contributed by atoms with van der Waals surface area (Å²) in [5.41, 5.74) is 0.623. The van der Waals surface area contributed by atoms with Crippen LogP contribution in [0.5, 0.6) is 5.75 Å². The van der Waals surface area contributed by atoms with Gasteiger partial charge in [0, 0.05) is 0 Å². The van der Waals surface area contributed by atoms with Crippen LogP contribution >= 0.6 is 0 Å². The third-order valence-electron chi connectivity index (χ3n) is 3.31. The maximum Gasteiger partial charge on any atom is 0.183 e. The molecule has 1 aromatic carbocycles. The highest BCUT2D eigenvalue weighted by atomic mass is 19.1. The molecule has 0 N–H and O–H groups in total. The number of benzene rings is 1. The first kappa shape index (κ1) is 13.5. The lowest BCUT2D eigenvalue weighted by atomic mass is 10.0. The molecule has 1 fully saturated rings. The number of carbonyl (C=O) groups excluding carboxylic acids is 1. The summed E-state index contributed by atoms with van der Waals surface area (Å²) in [5, 5.41) is 8.58. The van der Waals surface area contributed by atoms with Crippen molar-refractivity contribution in [3.8, 4) is 11.8 Å². The third-order valence-corrected chi connectivity index (χ3v) is 3.31. The number of hydrogen-bond acceptors (Lipinski definition) is 3. The molecule has 100 valence electrons. The SMILES string of the molecule is Cc1cc(F)c(C(=O)CC#N)c(OC2CCCC2)c1. The largest absolute Gasteiger partial charge is 0.490 e. The van der Waals surface area contributed by atoms with Gasteiger partial charge in [-0.3, -0.25) is 4.79 Å². The number of Topliss-reactive ketones (excluding diaryl/α,β-unsaturated/α-hetero) is 1. The van der Waals surface area contributed by atoms with Crippen LogP contribution in [0.4, 0.5) is 4.39 Å². The highest BCUT2D eigenvalue weighted by molar-refractivity contribution is 6.00. The Bertz CT molecular complexity index is 528. The van der Waals surface area contributed by atoms with Crippen LogP contribution in [0.25, 0.3) is 0 Å². The number of ether oxygens (including phenoxy) is 1. The molecule has 0 aromatic heterocycles. The zero-order valence-electron chi connectivity index (χ0n) is 10.9. The minimum absolute atomic E-state index is 0.0508. The maximum absolute atomic E-state index is 13.9. The lowest BCUT2D eigenvalue weighted by molar-refractivity contribution is 0.0986. The first-order valence-corrected chi connectivity index (χ1v) is 6.48. The summed E-state index contributed by atoms with van der Waals surface area (Å²) >= 11 is 0. The molecule has 1 saturated carbocycles. The van der Waals surface area contributed by atoms with E-state index >= 15 is 0 Å². The molecule has 3 nitrogen and oxygen atoms in total. The molecule has 1 aromatic rings. The van der Waals surface area contributed by atoms with E-state index in [1.165, 1.54) is 6.07 Å². The van der Waals surface area contributed by atoms with Crippen molar-refractivity contribution >= 4 is 5.78 Å². The van der Waals surface area contributed by atoms with Gasteiger partial charge in [0.2, 0.25) is 0 Å². The van der Waals surface area contributed by atoms with E-state index in [2.05, 4.69) is 0 Å². The average Bonchev–Trinajstić information content (AvgIpc) is 2.81. The number of rotatable bonds is 4. The molecule has 4 heteroatoms. The number of nitrogens with zero attached hydrogens (tertiary/aromatic N) is 1. The predicted molar refractivity (Wildman–Crippen MR) is 68.6 cm³/mol. The van der Waals surface area contributed by atoms with Gasteiger partial charge in [-0.25, -0.2) is 4.39 Å². The summed E-state index contributed by atoms with van der Waals surface area (Å²) in [5.74, 6) is -0.842. The molecule has 19 heavy (non-hydrogen) atoms. The van der Waals surface area contributed by atoms with Crippen molar-refractivity contribution < 1.29 is 13.9 Å². The van der Waals surface area contributed by atoms with Crippen molar-refractivity contribution in [2.75, 3.05) is 0 Å². The molecule has 0 unspecified atom stereocenters. The first-order valence-electron chi connectivity index (χ1n) is 6.48. The standard InChI is InChI=1S/C15H16FNO2/c1-10-8-12(16)15(13(18)6-7-17)14(9-10)19-11-4-2-3-5-11/h8-9,11H,2-6H2,1H3. The van der Waals surface area contributed by atoms with E-state index in [9.17, 15) is 9.18 Å². The van der Waals surface area contributed by atoms with Gasteiger partial charge >= 0.3 is 0 Å². The Balaban J connectivity index is 2.33. The molecule has 0 amide bonds. The van der Waals surface area contributed by atoms with E-state index in [0.717, 1.165) is 25.7 Å². The van der Waals surface area contributed by atoms with E-state index in [-0.39, 0.29) is 23.8 Å². The van der Waals surface area contributed by atoms with Crippen LogP contribution in [-0.2, 0) is 0 Å². The molecule has 1 aliphatic carbocycles. The molecule has 0 saturated heterocycles. The minimum atomic E-state index is -0.603. The number of nitriles is 1. The van der Waals surface area contributed by atoms with Gasteiger partial charge < -0.3 is 4.74 Å². The zero-order valence-corrected chi connectivity index (χ0v) is 10.9. The van der Waals surface area contributed by atoms with Gasteiger partial charge in [0.15, 0.2) is 5.78 Å². The Morgan fingerprint density at radius 2 is 2.16 bits per heavy atom. The second-order valence-corrected chi connectivity index (χ2v) is 4.90. The number of aryl methyl sites for hydroxylation is 1. The summed E-state index contributed by atoms with van der Waals surface area (Å²) < 4.78 is 19.7. The third kappa shape index (κ3) is 3.11. The van der Waals surface area contributed by atoms with Gasteiger partial charge in [0.25, 0.3) is 0 Å². The van der Waals surface area contributed by atoms with Crippen molar-refractivity contribution in [2.24, 2.45) is 0 Å². The van der Waals surface area contributed by atoms with Crippen molar-refractivity contribution in [2.45, 2.75) is 45.1 Å². The number of carbonyl (C=O) groups is 1. The second kappa shape index (κ2) is 5.83. The van der Waals surface area contributed by atoms with Crippen LogP contribution in [0.1, 0.15) is 48.0 Å². The highest BCUT2D eigenvalue weighted by Gasteiger charge is 2.23. The summed E-state index contributed by atoms with van der Waals surface area (Å²) in [7, 11) is 0. The second-order valence-electron chi connectivity index (χ2n) is 4.90. The van der Waals surface area contributed by atoms with Crippen LogP contribution in [0, 0.1) is 24.1 Å². The highest BCUT2D eigenvalue weighted by Crippen LogP contribution is 2.30. The van der Waals surface area contributed by atoms with E-state index in [4.69, 9.17) is 10.00 Å². The number of hydrogen-bond donors (Lipinski definition) is 0. The Labute approximate surface area is 112 Å². The average molecular weight is 261 g/mol. The fraction of sp³-hybridized carbons (Fsp3) is 0.467. The molecule has 2 rings (SSSR count).